The Kier molecular flexibility index (Phi) is 8.17. The van der Waals surface area contributed by atoms with Crippen molar-refractivity contribution in [2.24, 2.45) is 5.11 Å². The molecule has 0 radical (unpaired) electrons. The van der Waals surface area contributed by atoms with E-state index in [1.165, 1.54) is 20.2 Å². The molecule has 0 aliphatic carbocycles. The van der Waals surface area contributed by atoms with E-state index in [1.807, 2.05) is 24.3 Å². The molecule has 1 aliphatic heterocycles. The van der Waals surface area contributed by atoms with Gasteiger partial charge in [0.25, 0.3) is 5.56 Å². The second kappa shape index (κ2) is 11.4. The van der Waals surface area contributed by atoms with Gasteiger partial charge in [-0.1, -0.05) is 23.3 Å². The number of nitrogens with one attached hydrogen (secondary N) is 4. The molecule has 0 bridgehead atoms. The van der Waals surface area contributed by atoms with E-state index in [4.69, 9.17) is 14.8 Å². The van der Waals surface area contributed by atoms with Gasteiger partial charge in [0.05, 0.1) is 18.8 Å². The Labute approximate surface area is 215 Å². The lowest BCUT2D eigenvalue weighted by Crippen LogP contribution is -2.43. The highest BCUT2D eigenvalue weighted by Crippen LogP contribution is 2.40. The van der Waals surface area contributed by atoms with E-state index < -0.39 is 55.9 Å². The molecule has 202 valence electrons. The summed E-state index contributed by atoms with van der Waals surface area (Å²) in [6.45, 7) is 1.04. The van der Waals surface area contributed by atoms with Crippen LogP contribution in [0.4, 0.5) is 0 Å². The van der Waals surface area contributed by atoms with E-state index in [2.05, 4.69) is 30.4 Å². The number of hydrogen-bond acceptors (Lipinski definition) is 7. The van der Waals surface area contributed by atoms with Gasteiger partial charge >= 0.3 is 13.4 Å². The number of carbonyl (C=O) groups excluding carboxylic acids is 1. The third-order valence-electron chi connectivity index (χ3n) is 6.25. The molecule has 38 heavy (non-hydrogen) atoms. The Bertz CT molecular complexity index is 1540. The van der Waals surface area contributed by atoms with Gasteiger partial charge in [0.2, 0.25) is 5.91 Å². The quantitative estimate of drug-likeness (QED) is 0.108. The predicted octanol–water partition coefficient (Wildman–Crippen LogP) is 1.36. The standard InChI is InChI=1S/C22H27N8O7P/c1-12-10-30(22(33)26-20(12)31)19-8-16(27-29-23)18(37-19)11-36-38(34,35)28-17(21(32)24-2)7-13-9-25-15-6-4-3-5-14(13)15/h3-6,9-10,16-19,25H,7-8,11H2,1-2H3,(H,24,32)(H,26,31,33)(H2,28,34,35)/t16-,17-,18+,19+/m0/s1. The van der Waals surface area contributed by atoms with Crippen molar-refractivity contribution in [3.63, 3.8) is 0 Å². The molecule has 1 fully saturated rings. The first-order chi connectivity index (χ1) is 18.1. The third kappa shape index (κ3) is 6.05. The molecule has 1 aliphatic rings. The summed E-state index contributed by atoms with van der Waals surface area (Å²) in [5, 5.41) is 9.39. The Morgan fingerprint density at radius 2 is 2.18 bits per heavy atom. The number of aromatic amines is 2. The number of fused-ring (bicyclic) bond motifs is 1. The first-order valence-corrected chi connectivity index (χ1v) is 13.2. The zero-order chi connectivity index (χ0) is 27.4. The summed E-state index contributed by atoms with van der Waals surface area (Å²) < 4.78 is 25.1. The number of azide groups is 1. The van der Waals surface area contributed by atoms with Gasteiger partial charge in [0.1, 0.15) is 12.3 Å². The maximum Gasteiger partial charge on any atom is 0.403 e. The highest BCUT2D eigenvalue weighted by Gasteiger charge is 2.39. The third-order valence-corrected chi connectivity index (χ3v) is 7.39. The molecule has 5 N–H and O–H groups in total. The summed E-state index contributed by atoms with van der Waals surface area (Å²) in [5.74, 6) is -0.523. The van der Waals surface area contributed by atoms with Crippen molar-refractivity contribution in [2.45, 2.75) is 44.2 Å². The molecule has 5 atom stereocenters. The van der Waals surface area contributed by atoms with Crippen molar-refractivity contribution in [3.05, 3.63) is 79.1 Å². The van der Waals surface area contributed by atoms with Gasteiger partial charge in [-0.25, -0.2) is 14.4 Å². The van der Waals surface area contributed by atoms with E-state index in [-0.39, 0.29) is 18.4 Å². The van der Waals surface area contributed by atoms with Crippen LogP contribution in [0.15, 0.2) is 51.4 Å². The number of para-hydroxylation sites is 1. The van der Waals surface area contributed by atoms with Crippen LogP contribution in [-0.4, -0.2) is 57.2 Å². The number of benzene rings is 1. The first kappa shape index (κ1) is 27.3. The number of amides is 1. The van der Waals surface area contributed by atoms with Crippen LogP contribution < -0.4 is 21.7 Å². The molecule has 0 saturated carbocycles. The minimum atomic E-state index is -4.56. The molecule has 1 unspecified atom stereocenters. The zero-order valence-electron chi connectivity index (χ0n) is 20.5. The maximum atomic E-state index is 12.9. The molecule has 0 spiro atoms. The first-order valence-electron chi connectivity index (χ1n) is 11.7. The van der Waals surface area contributed by atoms with Gasteiger partial charge in [-0.15, -0.1) is 0 Å². The second-order valence-corrected chi connectivity index (χ2v) is 10.3. The molecule has 3 heterocycles. The van der Waals surface area contributed by atoms with Gasteiger partial charge in [-0.3, -0.25) is 23.7 Å². The van der Waals surface area contributed by atoms with E-state index in [0.717, 1.165) is 21.0 Å². The summed E-state index contributed by atoms with van der Waals surface area (Å²) in [4.78, 5) is 55.0. The van der Waals surface area contributed by atoms with Crippen LogP contribution >= 0.6 is 7.75 Å². The van der Waals surface area contributed by atoms with E-state index in [0.29, 0.717) is 0 Å². The lowest BCUT2D eigenvalue weighted by Gasteiger charge is -2.23. The molecule has 15 nitrogen and oxygen atoms in total. The number of aryl methyl sites for hydroxylation is 1. The van der Waals surface area contributed by atoms with Crippen molar-refractivity contribution >= 4 is 24.6 Å². The van der Waals surface area contributed by atoms with Crippen LogP contribution in [0, 0.1) is 6.92 Å². The highest BCUT2D eigenvalue weighted by atomic mass is 31.2. The van der Waals surface area contributed by atoms with Gasteiger partial charge < -0.3 is 19.9 Å². The van der Waals surface area contributed by atoms with Gasteiger partial charge in [-0.05, 0) is 30.5 Å². The largest absolute Gasteiger partial charge is 0.403 e. The van der Waals surface area contributed by atoms with Crippen molar-refractivity contribution in [1.29, 1.82) is 0 Å². The minimum absolute atomic E-state index is 0.0636. The van der Waals surface area contributed by atoms with Crippen molar-refractivity contribution in [3.8, 4) is 0 Å². The van der Waals surface area contributed by atoms with Crippen LogP contribution in [-0.2, 0) is 25.0 Å². The maximum absolute atomic E-state index is 12.9. The van der Waals surface area contributed by atoms with Crippen LogP contribution in [0.1, 0.15) is 23.8 Å². The van der Waals surface area contributed by atoms with Gasteiger partial charge in [0, 0.05) is 47.2 Å². The number of hydrogen-bond donors (Lipinski definition) is 5. The average molecular weight is 546 g/mol. The second-order valence-electron chi connectivity index (χ2n) is 8.79. The summed E-state index contributed by atoms with van der Waals surface area (Å²) in [6, 6.07) is 5.52. The molecule has 16 heteroatoms. The van der Waals surface area contributed by atoms with Crippen LogP contribution in [0.25, 0.3) is 21.3 Å². The van der Waals surface area contributed by atoms with E-state index >= 15 is 0 Å². The Balaban J connectivity index is 1.46. The number of rotatable bonds is 10. The number of aromatic nitrogens is 3. The van der Waals surface area contributed by atoms with Crippen LogP contribution in [0.2, 0.25) is 0 Å². The molecular formula is C22H27N8O7P. The lowest BCUT2D eigenvalue weighted by molar-refractivity contribution is -0.122. The summed E-state index contributed by atoms with van der Waals surface area (Å²) in [6.07, 6.45) is 1.31. The van der Waals surface area contributed by atoms with Gasteiger partial charge in [-0.2, -0.15) is 0 Å². The van der Waals surface area contributed by atoms with E-state index in [1.54, 1.807) is 6.20 Å². The smallest absolute Gasteiger partial charge is 0.361 e. The molecule has 1 amide bonds. The Morgan fingerprint density at radius 3 is 2.92 bits per heavy atom. The Hall–Kier alpha value is -3.71. The van der Waals surface area contributed by atoms with E-state index in [9.17, 15) is 23.8 Å². The number of H-pyrrole nitrogens is 2. The molecule has 3 aromatic rings. The average Bonchev–Trinajstić information content (AvgIpc) is 3.48. The van der Waals surface area contributed by atoms with Crippen LogP contribution in [0.3, 0.4) is 0 Å². The Morgan fingerprint density at radius 1 is 1.42 bits per heavy atom. The minimum Gasteiger partial charge on any atom is -0.361 e. The zero-order valence-corrected chi connectivity index (χ0v) is 21.4. The highest BCUT2D eigenvalue weighted by molar-refractivity contribution is 7.50. The number of likely N-dealkylation sites (N-methyl/N-ethyl adjacent to an activating group) is 1. The molecular weight excluding hydrogens is 519 g/mol. The van der Waals surface area contributed by atoms with Gasteiger partial charge in [0.15, 0.2) is 0 Å². The fourth-order valence-electron chi connectivity index (χ4n) is 4.32. The topological polar surface area (TPSA) is 216 Å². The van der Waals surface area contributed by atoms with Crippen molar-refractivity contribution in [1.82, 2.24) is 24.9 Å². The summed E-state index contributed by atoms with van der Waals surface area (Å²) in [7, 11) is -3.15. The molecule has 1 saturated heterocycles. The molecule has 1 aromatic carbocycles. The number of nitrogens with zero attached hydrogens (tertiary/aromatic N) is 4. The fraction of sp³-hybridized carbons (Fsp3) is 0.409. The lowest BCUT2D eigenvalue weighted by atomic mass is 10.1. The number of ether oxygens (including phenoxy) is 1. The molecule has 2 aromatic heterocycles. The summed E-state index contributed by atoms with van der Waals surface area (Å²) in [5.41, 5.74) is 9.58. The SMILES string of the molecule is CNC(=O)[C@H](Cc1c[nH]c2ccccc12)NP(=O)(O)OC[C@H]1O[C@@H](n2cc(C)c(=O)[nH]c2=O)C[C@@H]1N=[N+]=[N-]. The monoisotopic (exact) mass is 546 g/mol. The summed E-state index contributed by atoms with van der Waals surface area (Å²) >= 11 is 0. The predicted molar refractivity (Wildman–Crippen MR) is 136 cm³/mol. The molecule has 4 rings (SSSR count). The van der Waals surface area contributed by atoms with Crippen LogP contribution in [0.5, 0.6) is 0 Å². The number of carbonyl (C=O) groups is 1. The van der Waals surface area contributed by atoms with Crippen molar-refractivity contribution in [2.75, 3.05) is 13.7 Å². The van der Waals surface area contributed by atoms with Crippen molar-refractivity contribution < 1.29 is 23.5 Å². The normalized spacial score (nSPS) is 21.5. The fourth-order valence-corrected chi connectivity index (χ4v) is 5.35.